The number of hydrogen-bond acceptors (Lipinski definition) is 4. The Hall–Kier alpha value is -2.74. The zero-order valence-corrected chi connectivity index (χ0v) is 14.0. The van der Waals surface area contributed by atoms with Gasteiger partial charge in [-0.15, -0.1) is 0 Å². The van der Waals surface area contributed by atoms with E-state index in [2.05, 4.69) is 5.32 Å². The van der Waals surface area contributed by atoms with Gasteiger partial charge in [-0.05, 0) is 41.1 Å². The molecule has 2 aromatic carbocycles. The van der Waals surface area contributed by atoms with Crippen LogP contribution in [0.4, 0.5) is 18.0 Å². The number of benzene rings is 2. The van der Waals surface area contributed by atoms with E-state index in [4.69, 9.17) is 4.74 Å². The highest BCUT2D eigenvalue weighted by Crippen LogP contribution is 2.33. The Kier molecular flexibility index (Phi) is 5.03. The van der Waals surface area contributed by atoms with Crippen LogP contribution >= 0.6 is 11.8 Å². The Bertz CT molecular complexity index is 893. The van der Waals surface area contributed by atoms with Crippen molar-refractivity contribution in [2.24, 2.45) is 0 Å². The summed E-state index contributed by atoms with van der Waals surface area (Å²) in [4.78, 5) is 23.1. The van der Waals surface area contributed by atoms with Crippen LogP contribution in [0.1, 0.15) is 5.56 Å². The van der Waals surface area contributed by atoms with Crippen molar-refractivity contribution in [2.45, 2.75) is 6.18 Å². The second-order valence-electron chi connectivity index (χ2n) is 5.38. The Balaban J connectivity index is 1.90. The minimum absolute atomic E-state index is 0.109. The Morgan fingerprint density at radius 1 is 1.08 bits per heavy atom. The summed E-state index contributed by atoms with van der Waals surface area (Å²) < 4.78 is 42.2. The average molecular weight is 379 g/mol. The number of alkyl halides is 3. The number of imide groups is 1. The molecule has 0 unspecified atom stereocenters. The van der Waals surface area contributed by atoms with Gasteiger partial charge in [-0.3, -0.25) is 14.9 Å². The summed E-state index contributed by atoms with van der Waals surface area (Å²) in [6.45, 7) is -1.38. The van der Waals surface area contributed by atoms with Gasteiger partial charge in [0.15, 0.2) is 6.61 Å². The molecular weight excluding hydrogens is 367 g/mol. The lowest BCUT2D eigenvalue weighted by Gasteiger charge is -2.13. The second kappa shape index (κ2) is 7.25. The molecule has 1 fully saturated rings. The van der Waals surface area contributed by atoms with Gasteiger partial charge in [0, 0.05) is 5.56 Å². The highest BCUT2D eigenvalue weighted by atomic mass is 32.2. The maximum Gasteiger partial charge on any atom is 0.422 e. The van der Waals surface area contributed by atoms with Gasteiger partial charge in [0.05, 0.1) is 4.91 Å². The Morgan fingerprint density at radius 3 is 2.54 bits per heavy atom. The van der Waals surface area contributed by atoms with Gasteiger partial charge < -0.3 is 4.74 Å². The Labute approximate surface area is 151 Å². The number of rotatable bonds is 4. The van der Waals surface area contributed by atoms with Gasteiger partial charge in [-0.1, -0.05) is 36.4 Å². The van der Waals surface area contributed by atoms with E-state index in [0.717, 1.165) is 11.8 Å². The summed E-state index contributed by atoms with van der Waals surface area (Å²) in [5.74, 6) is -0.364. The zero-order valence-electron chi connectivity index (χ0n) is 13.2. The van der Waals surface area contributed by atoms with Gasteiger partial charge in [0.25, 0.3) is 11.1 Å². The van der Waals surface area contributed by atoms with E-state index in [-0.39, 0.29) is 10.7 Å². The monoisotopic (exact) mass is 379 g/mol. The maximum absolute atomic E-state index is 12.4. The third-order valence-electron chi connectivity index (χ3n) is 3.42. The predicted octanol–water partition coefficient (Wildman–Crippen LogP) is 4.62. The fourth-order valence-electron chi connectivity index (χ4n) is 2.36. The number of para-hydroxylation sites is 1. The molecule has 3 rings (SSSR count). The first kappa shape index (κ1) is 18.1. The molecule has 134 valence electrons. The van der Waals surface area contributed by atoms with Crippen LogP contribution in [0, 0.1) is 0 Å². The zero-order chi connectivity index (χ0) is 18.7. The van der Waals surface area contributed by atoms with Crippen LogP contribution in [0.3, 0.4) is 0 Å². The lowest BCUT2D eigenvalue weighted by Crippen LogP contribution is -2.19. The van der Waals surface area contributed by atoms with Gasteiger partial charge in [-0.25, -0.2) is 0 Å². The predicted molar refractivity (Wildman–Crippen MR) is 92.5 cm³/mol. The molecule has 0 radical (unpaired) electrons. The van der Waals surface area contributed by atoms with Crippen molar-refractivity contribution in [3.05, 3.63) is 59.0 Å². The molecule has 1 heterocycles. The normalized spacial score (nSPS) is 16.0. The molecule has 0 aromatic heterocycles. The number of carbonyl (C=O) groups is 2. The van der Waals surface area contributed by atoms with Gasteiger partial charge in [-0.2, -0.15) is 13.2 Å². The van der Waals surface area contributed by atoms with Gasteiger partial charge >= 0.3 is 6.18 Å². The standard InChI is InChI=1S/C18H12F3NO3S/c19-18(20,21)10-25-14-7-2-1-6-13(14)12-5-3-4-11(8-12)9-15-16(23)22-17(24)26-15/h1-9H,10H2,(H,22,23,24)/b15-9-. The first-order chi connectivity index (χ1) is 12.3. The van der Waals surface area contributed by atoms with Crippen LogP contribution in [0.25, 0.3) is 17.2 Å². The largest absolute Gasteiger partial charge is 0.483 e. The number of nitrogens with one attached hydrogen (secondary N) is 1. The molecule has 1 aliphatic rings. The number of thioether (sulfide) groups is 1. The topological polar surface area (TPSA) is 55.4 Å². The average Bonchev–Trinajstić information content (AvgIpc) is 2.90. The van der Waals surface area contributed by atoms with Gasteiger partial charge in [0.1, 0.15) is 5.75 Å². The third kappa shape index (κ3) is 4.45. The quantitative estimate of drug-likeness (QED) is 0.788. The minimum Gasteiger partial charge on any atom is -0.483 e. The van der Waals surface area contributed by atoms with E-state index in [0.29, 0.717) is 16.7 Å². The van der Waals surface area contributed by atoms with Crippen molar-refractivity contribution in [2.75, 3.05) is 6.61 Å². The van der Waals surface area contributed by atoms with E-state index >= 15 is 0 Å². The fourth-order valence-corrected chi connectivity index (χ4v) is 3.04. The molecule has 0 saturated carbocycles. The van der Waals surface area contributed by atoms with Crippen molar-refractivity contribution in [3.8, 4) is 16.9 Å². The van der Waals surface area contributed by atoms with Crippen LogP contribution in [-0.2, 0) is 4.79 Å². The molecule has 0 atom stereocenters. The van der Waals surface area contributed by atoms with Crippen LogP contribution < -0.4 is 10.1 Å². The van der Waals surface area contributed by atoms with E-state index in [1.54, 1.807) is 48.5 Å². The van der Waals surface area contributed by atoms with Crippen molar-refractivity contribution >= 4 is 29.0 Å². The minimum atomic E-state index is -4.43. The summed E-state index contributed by atoms with van der Waals surface area (Å²) in [7, 11) is 0. The fraction of sp³-hybridized carbons (Fsp3) is 0.111. The summed E-state index contributed by atoms with van der Waals surface area (Å²) in [5.41, 5.74) is 1.77. The van der Waals surface area contributed by atoms with Crippen molar-refractivity contribution in [1.82, 2.24) is 5.32 Å². The molecule has 2 aromatic rings. The first-order valence-corrected chi connectivity index (χ1v) is 8.27. The van der Waals surface area contributed by atoms with Gasteiger partial charge in [0.2, 0.25) is 0 Å². The molecule has 1 aliphatic heterocycles. The van der Waals surface area contributed by atoms with Crippen molar-refractivity contribution in [1.29, 1.82) is 0 Å². The molecule has 8 heteroatoms. The number of hydrogen-bond donors (Lipinski definition) is 1. The smallest absolute Gasteiger partial charge is 0.422 e. The Morgan fingerprint density at radius 2 is 1.85 bits per heavy atom. The number of carbonyl (C=O) groups excluding carboxylic acids is 2. The second-order valence-corrected chi connectivity index (χ2v) is 6.39. The van der Waals surface area contributed by atoms with E-state index in [9.17, 15) is 22.8 Å². The summed E-state index contributed by atoms with van der Waals surface area (Å²) in [5, 5.41) is 1.72. The summed E-state index contributed by atoms with van der Waals surface area (Å²) in [6, 6.07) is 13.3. The molecule has 2 amide bonds. The molecular formula is C18H12F3NO3S. The van der Waals surface area contributed by atoms with Crippen LogP contribution in [-0.4, -0.2) is 23.9 Å². The van der Waals surface area contributed by atoms with E-state index in [1.165, 1.54) is 6.07 Å². The lowest BCUT2D eigenvalue weighted by atomic mass is 10.0. The number of ether oxygens (including phenoxy) is 1. The van der Waals surface area contributed by atoms with Crippen molar-refractivity contribution < 1.29 is 27.5 Å². The van der Waals surface area contributed by atoms with Crippen LogP contribution in [0.5, 0.6) is 5.75 Å². The highest BCUT2D eigenvalue weighted by molar-refractivity contribution is 8.18. The van der Waals surface area contributed by atoms with E-state index in [1.807, 2.05) is 0 Å². The molecule has 26 heavy (non-hydrogen) atoms. The SMILES string of the molecule is O=C1NC(=O)/C(=C/c2cccc(-c3ccccc3OCC(F)(F)F)c2)S1. The third-order valence-corrected chi connectivity index (χ3v) is 4.23. The molecule has 0 spiro atoms. The summed E-state index contributed by atoms with van der Waals surface area (Å²) in [6.07, 6.45) is -2.88. The van der Waals surface area contributed by atoms with Crippen LogP contribution in [0.15, 0.2) is 53.4 Å². The number of amides is 2. The maximum atomic E-state index is 12.4. The molecule has 1 N–H and O–H groups in total. The van der Waals surface area contributed by atoms with Crippen molar-refractivity contribution in [3.63, 3.8) is 0 Å². The highest BCUT2D eigenvalue weighted by Gasteiger charge is 2.29. The summed E-state index contributed by atoms with van der Waals surface area (Å²) >= 11 is 0.796. The number of halogens is 3. The molecule has 4 nitrogen and oxygen atoms in total. The first-order valence-electron chi connectivity index (χ1n) is 7.46. The molecule has 0 aliphatic carbocycles. The van der Waals surface area contributed by atoms with Crippen LogP contribution in [0.2, 0.25) is 0 Å². The molecule has 0 bridgehead atoms. The van der Waals surface area contributed by atoms with E-state index < -0.39 is 23.9 Å². The molecule has 1 saturated heterocycles. The lowest BCUT2D eigenvalue weighted by molar-refractivity contribution is -0.153.